The summed E-state index contributed by atoms with van der Waals surface area (Å²) in [6.45, 7) is 8.56. The first-order valence-electron chi connectivity index (χ1n) is 8.64. The van der Waals surface area contributed by atoms with Crippen molar-refractivity contribution in [3.05, 3.63) is 35.5 Å². The number of aromatic nitrogens is 2. The zero-order chi connectivity index (χ0) is 18.2. The minimum absolute atomic E-state index is 0.0658. The molecule has 1 aliphatic rings. The Morgan fingerprint density at radius 1 is 1.40 bits per heavy atom. The Kier molecular flexibility index (Phi) is 4.62. The normalized spacial score (nSPS) is 18.0. The number of rotatable bonds is 3. The summed E-state index contributed by atoms with van der Waals surface area (Å²) in [7, 11) is 0. The van der Waals surface area contributed by atoms with Gasteiger partial charge in [0.1, 0.15) is 11.9 Å². The number of hydrogen-bond donors (Lipinski definition) is 0. The van der Waals surface area contributed by atoms with Crippen molar-refractivity contribution < 1.29 is 13.7 Å². The van der Waals surface area contributed by atoms with Gasteiger partial charge in [-0.2, -0.15) is 4.98 Å². The Labute approximate surface area is 147 Å². The molecule has 0 N–H and O–H groups in total. The molecule has 3 rings (SSSR count). The predicted octanol–water partition coefficient (Wildman–Crippen LogP) is 4.28. The van der Waals surface area contributed by atoms with Gasteiger partial charge in [0.15, 0.2) is 0 Å². The summed E-state index contributed by atoms with van der Waals surface area (Å²) in [4.78, 5) is 18.8. The van der Waals surface area contributed by atoms with Crippen LogP contribution in [0.1, 0.15) is 57.5 Å². The maximum absolute atomic E-state index is 13.8. The van der Waals surface area contributed by atoms with Crippen molar-refractivity contribution >= 4 is 5.91 Å². The Morgan fingerprint density at radius 2 is 2.16 bits per heavy atom. The summed E-state index contributed by atoms with van der Waals surface area (Å²) in [6, 6.07) is 4.67. The molecule has 1 aliphatic heterocycles. The molecule has 2 aromatic rings. The van der Waals surface area contributed by atoms with Gasteiger partial charge in [-0.25, -0.2) is 4.39 Å². The van der Waals surface area contributed by atoms with E-state index in [0.717, 1.165) is 12.8 Å². The molecule has 0 bridgehead atoms. The van der Waals surface area contributed by atoms with E-state index < -0.39 is 0 Å². The van der Waals surface area contributed by atoms with Crippen LogP contribution in [0.5, 0.6) is 0 Å². The monoisotopic (exact) mass is 345 g/mol. The van der Waals surface area contributed by atoms with Crippen LogP contribution in [0.2, 0.25) is 0 Å². The molecule has 5 nitrogen and oxygen atoms in total. The number of aryl methyl sites for hydroxylation is 1. The highest BCUT2D eigenvalue weighted by Gasteiger charge is 2.35. The molecule has 25 heavy (non-hydrogen) atoms. The van der Waals surface area contributed by atoms with Gasteiger partial charge < -0.3 is 9.42 Å². The molecule has 0 spiro atoms. The third-order valence-corrected chi connectivity index (χ3v) is 4.41. The average molecular weight is 345 g/mol. The first kappa shape index (κ1) is 17.6. The molecular formula is C19H24FN3O2. The van der Waals surface area contributed by atoms with E-state index in [0.29, 0.717) is 35.8 Å². The van der Waals surface area contributed by atoms with Crippen LogP contribution in [-0.2, 0) is 4.79 Å². The number of benzene rings is 1. The molecular weight excluding hydrogens is 321 g/mol. The first-order valence-corrected chi connectivity index (χ1v) is 8.64. The Balaban J connectivity index is 1.81. The molecule has 134 valence electrons. The van der Waals surface area contributed by atoms with E-state index in [4.69, 9.17) is 4.52 Å². The van der Waals surface area contributed by atoms with E-state index in [-0.39, 0.29) is 23.2 Å². The molecule has 1 saturated heterocycles. The average Bonchev–Trinajstić information content (AvgIpc) is 3.16. The molecule has 0 radical (unpaired) electrons. The lowest BCUT2D eigenvalue weighted by molar-refractivity contribution is -0.134. The largest absolute Gasteiger partial charge is 0.337 e. The molecule has 0 saturated carbocycles. The Hall–Kier alpha value is -2.24. The van der Waals surface area contributed by atoms with E-state index in [2.05, 4.69) is 10.1 Å². The van der Waals surface area contributed by atoms with Crippen LogP contribution in [0, 0.1) is 18.2 Å². The SMILES string of the molecule is Cc1ccc(-c2noc(C3CCCN3C(=O)CC(C)(C)C)n2)cc1F. The van der Waals surface area contributed by atoms with Gasteiger partial charge in [-0.1, -0.05) is 38.1 Å². The van der Waals surface area contributed by atoms with Gasteiger partial charge in [0.25, 0.3) is 0 Å². The summed E-state index contributed by atoms with van der Waals surface area (Å²) < 4.78 is 19.2. The van der Waals surface area contributed by atoms with Crippen molar-refractivity contribution in [2.75, 3.05) is 6.54 Å². The Bertz CT molecular complexity index is 779. The fourth-order valence-electron chi connectivity index (χ4n) is 3.10. The lowest BCUT2D eigenvalue weighted by Gasteiger charge is -2.26. The van der Waals surface area contributed by atoms with Crippen molar-refractivity contribution in [3.8, 4) is 11.4 Å². The molecule has 1 amide bonds. The quantitative estimate of drug-likeness (QED) is 0.833. The summed E-state index contributed by atoms with van der Waals surface area (Å²) in [5, 5.41) is 3.98. The van der Waals surface area contributed by atoms with Crippen molar-refractivity contribution in [1.82, 2.24) is 15.0 Å². The van der Waals surface area contributed by atoms with Crippen LogP contribution < -0.4 is 0 Å². The molecule has 1 fully saturated rings. The zero-order valence-electron chi connectivity index (χ0n) is 15.2. The van der Waals surface area contributed by atoms with Gasteiger partial charge in [-0.15, -0.1) is 0 Å². The Morgan fingerprint density at radius 3 is 2.84 bits per heavy atom. The van der Waals surface area contributed by atoms with Gasteiger partial charge >= 0.3 is 0 Å². The van der Waals surface area contributed by atoms with Crippen LogP contribution in [0.15, 0.2) is 22.7 Å². The number of hydrogen-bond acceptors (Lipinski definition) is 4. The van der Waals surface area contributed by atoms with Crippen LogP contribution in [0.3, 0.4) is 0 Å². The molecule has 6 heteroatoms. The molecule has 2 heterocycles. The molecule has 1 unspecified atom stereocenters. The molecule has 1 aromatic carbocycles. The van der Waals surface area contributed by atoms with E-state index >= 15 is 0 Å². The van der Waals surface area contributed by atoms with E-state index in [9.17, 15) is 9.18 Å². The summed E-state index contributed by atoms with van der Waals surface area (Å²) in [6.07, 6.45) is 2.20. The molecule has 1 aromatic heterocycles. The third kappa shape index (κ3) is 3.89. The summed E-state index contributed by atoms with van der Waals surface area (Å²) >= 11 is 0. The standard InChI is InChI=1S/C19H24FN3O2/c1-12-7-8-13(10-14(12)20)17-21-18(25-22-17)15-6-5-9-23(15)16(24)11-19(2,3)4/h7-8,10,15H,5-6,9,11H2,1-4H3. The fourth-order valence-corrected chi connectivity index (χ4v) is 3.10. The molecule has 1 atom stereocenters. The summed E-state index contributed by atoms with van der Waals surface area (Å²) in [5.74, 6) is 0.586. The number of amides is 1. The fraction of sp³-hybridized carbons (Fsp3) is 0.526. The topological polar surface area (TPSA) is 59.2 Å². The zero-order valence-corrected chi connectivity index (χ0v) is 15.2. The van der Waals surface area contributed by atoms with Crippen molar-refractivity contribution in [2.45, 2.75) is 53.0 Å². The number of likely N-dealkylation sites (tertiary alicyclic amines) is 1. The highest BCUT2D eigenvalue weighted by Crippen LogP contribution is 2.34. The lowest BCUT2D eigenvalue weighted by atomic mass is 9.91. The van der Waals surface area contributed by atoms with Gasteiger partial charge in [0, 0.05) is 18.5 Å². The number of carbonyl (C=O) groups excluding carboxylic acids is 1. The van der Waals surface area contributed by atoms with E-state index in [1.165, 1.54) is 6.07 Å². The maximum Gasteiger partial charge on any atom is 0.249 e. The van der Waals surface area contributed by atoms with Crippen LogP contribution in [0.25, 0.3) is 11.4 Å². The van der Waals surface area contributed by atoms with Gasteiger partial charge in [0.05, 0.1) is 0 Å². The van der Waals surface area contributed by atoms with Gasteiger partial charge in [0.2, 0.25) is 17.6 Å². The first-order chi connectivity index (χ1) is 11.7. The van der Waals surface area contributed by atoms with Crippen molar-refractivity contribution in [3.63, 3.8) is 0 Å². The second-order valence-electron chi connectivity index (χ2n) is 7.90. The minimum Gasteiger partial charge on any atom is -0.337 e. The smallest absolute Gasteiger partial charge is 0.249 e. The molecule has 0 aliphatic carbocycles. The summed E-state index contributed by atoms with van der Waals surface area (Å²) in [5.41, 5.74) is 1.08. The number of halogens is 1. The maximum atomic E-state index is 13.8. The number of nitrogens with zero attached hydrogens (tertiary/aromatic N) is 3. The predicted molar refractivity (Wildman–Crippen MR) is 92.2 cm³/mol. The van der Waals surface area contributed by atoms with Crippen LogP contribution >= 0.6 is 0 Å². The van der Waals surface area contributed by atoms with Crippen LogP contribution in [0.4, 0.5) is 4.39 Å². The van der Waals surface area contributed by atoms with E-state index in [1.807, 2.05) is 25.7 Å². The lowest BCUT2D eigenvalue weighted by Crippen LogP contribution is -2.33. The minimum atomic E-state index is -0.299. The second-order valence-corrected chi connectivity index (χ2v) is 7.90. The van der Waals surface area contributed by atoms with Crippen LogP contribution in [-0.4, -0.2) is 27.5 Å². The highest BCUT2D eigenvalue weighted by atomic mass is 19.1. The van der Waals surface area contributed by atoms with Crippen molar-refractivity contribution in [2.24, 2.45) is 5.41 Å². The highest BCUT2D eigenvalue weighted by molar-refractivity contribution is 5.77. The van der Waals surface area contributed by atoms with Gasteiger partial charge in [-0.05, 0) is 36.8 Å². The van der Waals surface area contributed by atoms with Crippen molar-refractivity contribution in [1.29, 1.82) is 0 Å². The second kappa shape index (κ2) is 6.58. The third-order valence-electron chi connectivity index (χ3n) is 4.41. The van der Waals surface area contributed by atoms with E-state index in [1.54, 1.807) is 19.1 Å². The van der Waals surface area contributed by atoms with Gasteiger partial charge in [-0.3, -0.25) is 4.79 Å². The number of carbonyl (C=O) groups is 1.